The Balaban J connectivity index is 1.79. The van der Waals surface area contributed by atoms with Crippen LogP contribution in [0.4, 0.5) is 10.2 Å². The summed E-state index contributed by atoms with van der Waals surface area (Å²) in [4.78, 5) is 30.6. The maximum atomic E-state index is 14.1. The molecule has 2 aromatic rings. The van der Waals surface area contributed by atoms with E-state index < -0.39 is 11.7 Å². The minimum Gasteiger partial charge on any atom is -0.362 e. The van der Waals surface area contributed by atoms with Gasteiger partial charge in [-0.3, -0.25) is 9.59 Å². The molecule has 1 aromatic heterocycles. The van der Waals surface area contributed by atoms with Gasteiger partial charge < -0.3 is 10.6 Å². The topological polar surface area (TPSA) is 71.1 Å². The van der Waals surface area contributed by atoms with Crippen molar-refractivity contribution in [3.8, 4) is 0 Å². The third-order valence-electron chi connectivity index (χ3n) is 5.61. The molecule has 2 atom stereocenters. The van der Waals surface area contributed by atoms with Crippen LogP contribution < -0.4 is 10.6 Å². The molecule has 6 heteroatoms. The number of hydrogen-bond donors (Lipinski definition) is 2. The summed E-state index contributed by atoms with van der Waals surface area (Å²) in [5, 5.41) is 6.11. The zero-order valence-corrected chi connectivity index (χ0v) is 17.3. The van der Waals surface area contributed by atoms with Crippen LogP contribution in [0.1, 0.15) is 43.7 Å². The molecule has 0 spiro atoms. The number of amides is 1. The SMILES string of the molecule is CC1=C(C(=O)Nc2ccc(C)cn2)[C@@H](c2cccc(F)c2)C2=C(C[C@H](C)CC2=O)N1. The van der Waals surface area contributed by atoms with Crippen molar-refractivity contribution in [2.24, 2.45) is 5.92 Å². The summed E-state index contributed by atoms with van der Waals surface area (Å²) in [6, 6.07) is 9.72. The lowest BCUT2D eigenvalue weighted by atomic mass is 9.73. The number of allylic oxidation sites excluding steroid dienone is 3. The highest BCUT2D eigenvalue weighted by Gasteiger charge is 2.40. The molecule has 0 unspecified atom stereocenters. The number of benzene rings is 1. The van der Waals surface area contributed by atoms with Crippen LogP contribution in [0.25, 0.3) is 0 Å². The molecule has 1 aliphatic heterocycles. The Morgan fingerprint density at radius 2 is 2.00 bits per heavy atom. The molecule has 0 fully saturated rings. The lowest BCUT2D eigenvalue weighted by molar-refractivity contribution is -0.117. The number of halogens is 1. The van der Waals surface area contributed by atoms with Crippen LogP contribution in [0, 0.1) is 18.7 Å². The number of Topliss-reactive ketones (excluding diaryl/α,β-unsaturated/α-hetero) is 1. The van der Waals surface area contributed by atoms with Crippen molar-refractivity contribution in [1.29, 1.82) is 0 Å². The Morgan fingerprint density at radius 1 is 1.20 bits per heavy atom. The average molecular weight is 405 g/mol. The highest BCUT2D eigenvalue weighted by atomic mass is 19.1. The van der Waals surface area contributed by atoms with E-state index in [9.17, 15) is 14.0 Å². The number of hydrogen-bond acceptors (Lipinski definition) is 4. The van der Waals surface area contributed by atoms with Crippen LogP contribution in [-0.4, -0.2) is 16.7 Å². The van der Waals surface area contributed by atoms with Crippen LogP contribution in [0.5, 0.6) is 0 Å². The number of dihydropyridines is 1. The number of carbonyl (C=O) groups is 2. The molecule has 1 aliphatic carbocycles. The molecule has 2 aliphatic rings. The van der Waals surface area contributed by atoms with Crippen LogP contribution in [0.3, 0.4) is 0 Å². The molecule has 2 heterocycles. The van der Waals surface area contributed by atoms with Gasteiger partial charge in [-0.1, -0.05) is 25.1 Å². The van der Waals surface area contributed by atoms with Gasteiger partial charge in [-0.15, -0.1) is 0 Å². The summed E-state index contributed by atoms with van der Waals surface area (Å²) >= 11 is 0. The number of aryl methyl sites for hydroxylation is 1. The summed E-state index contributed by atoms with van der Waals surface area (Å²) in [5.74, 6) is -0.741. The fourth-order valence-electron chi connectivity index (χ4n) is 4.28. The van der Waals surface area contributed by atoms with E-state index in [1.807, 2.05) is 26.8 Å². The molecule has 0 radical (unpaired) electrons. The van der Waals surface area contributed by atoms with E-state index in [2.05, 4.69) is 15.6 Å². The molecule has 0 saturated heterocycles. The first-order valence-corrected chi connectivity index (χ1v) is 10.1. The van der Waals surface area contributed by atoms with E-state index in [1.165, 1.54) is 12.1 Å². The summed E-state index contributed by atoms with van der Waals surface area (Å²) in [7, 11) is 0. The van der Waals surface area contributed by atoms with Gasteiger partial charge in [0.25, 0.3) is 5.91 Å². The number of pyridine rings is 1. The summed E-state index contributed by atoms with van der Waals surface area (Å²) in [5.41, 5.74) is 4.03. The first-order chi connectivity index (χ1) is 14.3. The normalized spacial score (nSPS) is 21.3. The van der Waals surface area contributed by atoms with Gasteiger partial charge in [-0.25, -0.2) is 9.37 Å². The van der Waals surface area contributed by atoms with Crippen molar-refractivity contribution in [3.05, 3.63) is 82.1 Å². The van der Waals surface area contributed by atoms with Crippen LogP contribution in [0.2, 0.25) is 0 Å². The predicted molar refractivity (Wildman–Crippen MR) is 113 cm³/mol. The van der Waals surface area contributed by atoms with E-state index in [0.29, 0.717) is 34.6 Å². The van der Waals surface area contributed by atoms with Gasteiger partial charge in [0.2, 0.25) is 0 Å². The highest BCUT2D eigenvalue weighted by molar-refractivity contribution is 6.09. The van der Waals surface area contributed by atoms with E-state index in [0.717, 1.165) is 17.7 Å². The van der Waals surface area contributed by atoms with Gasteiger partial charge in [0.1, 0.15) is 11.6 Å². The van der Waals surface area contributed by atoms with Crippen molar-refractivity contribution < 1.29 is 14.0 Å². The molecule has 1 aromatic carbocycles. The van der Waals surface area contributed by atoms with Crippen molar-refractivity contribution in [1.82, 2.24) is 10.3 Å². The molecule has 0 bridgehead atoms. The van der Waals surface area contributed by atoms with Crippen LogP contribution in [0.15, 0.2) is 65.1 Å². The molecule has 4 rings (SSSR count). The quantitative estimate of drug-likeness (QED) is 0.795. The third kappa shape index (κ3) is 3.77. The lowest BCUT2D eigenvalue weighted by Gasteiger charge is -2.36. The first kappa shape index (κ1) is 20.0. The molecule has 2 N–H and O–H groups in total. The monoisotopic (exact) mass is 405 g/mol. The van der Waals surface area contributed by atoms with E-state index in [1.54, 1.807) is 24.4 Å². The fourth-order valence-corrected chi connectivity index (χ4v) is 4.28. The smallest absolute Gasteiger partial charge is 0.255 e. The van der Waals surface area contributed by atoms with Crippen molar-refractivity contribution >= 4 is 17.5 Å². The Hall–Kier alpha value is -3.28. The Kier molecular flexibility index (Phi) is 5.24. The third-order valence-corrected chi connectivity index (χ3v) is 5.61. The van der Waals surface area contributed by atoms with E-state index in [-0.39, 0.29) is 17.6 Å². The standard InChI is InChI=1S/C24H24FN3O2/c1-13-7-8-20(26-12-13)28-24(30)21-15(3)27-18-9-14(2)10-19(29)23(18)22(21)16-5-4-6-17(25)11-16/h4-8,11-12,14,22,27H,9-10H2,1-3H3,(H,26,28,30)/t14-,22+/m0/s1. The predicted octanol–water partition coefficient (Wildman–Crippen LogP) is 4.38. The van der Waals surface area contributed by atoms with Crippen LogP contribution >= 0.6 is 0 Å². The number of nitrogens with one attached hydrogen (secondary N) is 2. The van der Waals surface area contributed by atoms with Gasteiger partial charge >= 0.3 is 0 Å². The van der Waals surface area contributed by atoms with Crippen molar-refractivity contribution in [2.75, 3.05) is 5.32 Å². The maximum Gasteiger partial charge on any atom is 0.255 e. The van der Waals surface area contributed by atoms with Crippen molar-refractivity contribution in [3.63, 3.8) is 0 Å². The highest BCUT2D eigenvalue weighted by Crippen LogP contribution is 2.43. The number of rotatable bonds is 3. The summed E-state index contributed by atoms with van der Waals surface area (Å²) in [6.45, 7) is 5.77. The van der Waals surface area contributed by atoms with Gasteiger partial charge in [0, 0.05) is 41.1 Å². The van der Waals surface area contributed by atoms with Crippen molar-refractivity contribution in [2.45, 2.75) is 39.5 Å². The fraction of sp³-hybridized carbons (Fsp3) is 0.292. The zero-order chi connectivity index (χ0) is 21.4. The number of carbonyl (C=O) groups excluding carboxylic acids is 2. The zero-order valence-electron chi connectivity index (χ0n) is 17.3. The maximum absolute atomic E-state index is 14.1. The largest absolute Gasteiger partial charge is 0.362 e. The summed E-state index contributed by atoms with van der Waals surface area (Å²) < 4.78 is 14.1. The Bertz CT molecular complexity index is 1090. The minimum atomic E-state index is -0.623. The molecular formula is C24H24FN3O2. The molecule has 1 amide bonds. The molecule has 5 nitrogen and oxygen atoms in total. The van der Waals surface area contributed by atoms with E-state index in [4.69, 9.17) is 0 Å². The number of nitrogens with zero attached hydrogens (tertiary/aromatic N) is 1. The van der Waals surface area contributed by atoms with Gasteiger partial charge in [0.15, 0.2) is 5.78 Å². The molecular weight excluding hydrogens is 381 g/mol. The lowest BCUT2D eigenvalue weighted by Crippen LogP contribution is -2.37. The Labute approximate surface area is 175 Å². The molecule has 0 saturated carbocycles. The van der Waals surface area contributed by atoms with E-state index >= 15 is 0 Å². The minimum absolute atomic E-state index is 0.00299. The molecule has 154 valence electrons. The number of aromatic nitrogens is 1. The Morgan fingerprint density at radius 3 is 2.70 bits per heavy atom. The summed E-state index contributed by atoms with van der Waals surface area (Å²) in [6.07, 6.45) is 2.81. The number of ketones is 1. The van der Waals surface area contributed by atoms with Gasteiger partial charge in [-0.05, 0) is 55.5 Å². The molecule has 30 heavy (non-hydrogen) atoms. The van der Waals surface area contributed by atoms with Crippen LogP contribution in [-0.2, 0) is 9.59 Å². The van der Waals surface area contributed by atoms with Gasteiger partial charge in [0.05, 0.1) is 0 Å². The first-order valence-electron chi connectivity index (χ1n) is 10.1. The van der Waals surface area contributed by atoms with Gasteiger partial charge in [-0.2, -0.15) is 0 Å². The number of anilines is 1. The second-order valence-electron chi connectivity index (χ2n) is 8.16. The second kappa shape index (κ2) is 7.86. The average Bonchev–Trinajstić information content (AvgIpc) is 2.68. The second-order valence-corrected chi connectivity index (χ2v) is 8.16.